The summed E-state index contributed by atoms with van der Waals surface area (Å²) in [6.07, 6.45) is 1.26. The third kappa shape index (κ3) is 1.79. The van der Waals surface area contributed by atoms with Crippen LogP contribution in [0.5, 0.6) is 0 Å². The standard InChI is InChI=1S/C12H15N3O/c1-8(16)9-4-3-5-10(6-9)11-7-14-15(2)12(11)13/h3-8,16H,13H2,1-2H3. The van der Waals surface area contributed by atoms with Gasteiger partial charge in [-0.15, -0.1) is 0 Å². The molecule has 0 saturated heterocycles. The highest BCUT2D eigenvalue weighted by Gasteiger charge is 2.08. The number of hydrogen-bond donors (Lipinski definition) is 2. The minimum atomic E-state index is -0.474. The zero-order valence-corrected chi connectivity index (χ0v) is 9.38. The van der Waals surface area contributed by atoms with E-state index in [-0.39, 0.29) is 0 Å². The van der Waals surface area contributed by atoms with E-state index in [4.69, 9.17) is 5.73 Å². The lowest BCUT2D eigenvalue weighted by Crippen LogP contribution is -1.98. The second kappa shape index (κ2) is 3.98. The van der Waals surface area contributed by atoms with Gasteiger partial charge in [0.2, 0.25) is 0 Å². The van der Waals surface area contributed by atoms with E-state index in [9.17, 15) is 5.11 Å². The third-order valence-electron chi connectivity index (χ3n) is 2.66. The van der Waals surface area contributed by atoms with Gasteiger partial charge in [-0.25, -0.2) is 0 Å². The Morgan fingerprint density at radius 1 is 1.44 bits per heavy atom. The van der Waals surface area contributed by atoms with Gasteiger partial charge in [0.1, 0.15) is 5.82 Å². The van der Waals surface area contributed by atoms with Crippen molar-refractivity contribution >= 4 is 5.82 Å². The molecule has 0 spiro atoms. The molecule has 0 aliphatic rings. The minimum Gasteiger partial charge on any atom is -0.389 e. The molecule has 0 fully saturated rings. The largest absolute Gasteiger partial charge is 0.389 e. The average Bonchev–Trinajstić information content (AvgIpc) is 2.60. The van der Waals surface area contributed by atoms with Crippen LogP contribution in [-0.4, -0.2) is 14.9 Å². The van der Waals surface area contributed by atoms with Gasteiger partial charge in [0, 0.05) is 12.6 Å². The van der Waals surface area contributed by atoms with Crippen LogP contribution in [0.2, 0.25) is 0 Å². The quantitative estimate of drug-likeness (QED) is 0.805. The van der Waals surface area contributed by atoms with Crippen LogP contribution in [0.1, 0.15) is 18.6 Å². The summed E-state index contributed by atoms with van der Waals surface area (Å²) in [4.78, 5) is 0. The van der Waals surface area contributed by atoms with Gasteiger partial charge in [0.15, 0.2) is 0 Å². The third-order valence-corrected chi connectivity index (χ3v) is 2.66. The smallest absolute Gasteiger partial charge is 0.129 e. The molecular weight excluding hydrogens is 202 g/mol. The number of aliphatic hydroxyl groups excluding tert-OH is 1. The summed E-state index contributed by atoms with van der Waals surface area (Å²) in [5.74, 6) is 0.628. The predicted molar refractivity (Wildman–Crippen MR) is 63.7 cm³/mol. The van der Waals surface area contributed by atoms with Crippen molar-refractivity contribution in [1.29, 1.82) is 0 Å². The van der Waals surface area contributed by atoms with Gasteiger partial charge in [0.05, 0.1) is 12.3 Å². The van der Waals surface area contributed by atoms with E-state index in [1.165, 1.54) is 0 Å². The first kappa shape index (κ1) is 10.7. The number of hydrogen-bond acceptors (Lipinski definition) is 3. The van der Waals surface area contributed by atoms with Gasteiger partial charge in [-0.2, -0.15) is 5.10 Å². The summed E-state index contributed by atoms with van der Waals surface area (Å²) in [7, 11) is 1.80. The number of rotatable bonds is 2. The van der Waals surface area contributed by atoms with Gasteiger partial charge >= 0.3 is 0 Å². The number of aliphatic hydroxyl groups is 1. The molecule has 1 aromatic carbocycles. The molecule has 0 radical (unpaired) electrons. The van der Waals surface area contributed by atoms with Crippen molar-refractivity contribution in [2.24, 2.45) is 7.05 Å². The maximum absolute atomic E-state index is 9.52. The lowest BCUT2D eigenvalue weighted by atomic mass is 10.0. The first-order valence-electron chi connectivity index (χ1n) is 5.15. The van der Waals surface area contributed by atoms with E-state index in [1.807, 2.05) is 24.3 Å². The molecule has 2 aromatic rings. The number of nitrogen functional groups attached to an aromatic ring is 1. The summed E-state index contributed by atoms with van der Waals surface area (Å²) < 4.78 is 1.63. The highest BCUT2D eigenvalue weighted by Crippen LogP contribution is 2.27. The Kier molecular flexibility index (Phi) is 2.66. The summed E-state index contributed by atoms with van der Waals surface area (Å²) in [5.41, 5.74) is 8.64. The fraction of sp³-hybridized carbons (Fsp3) is 0.250. The molecule has 2 rings (SSSR count). The molecule has 4 nitrogen and oxygen atoms in total. The Hall–Kier alpha value is -1.81. The molecule has 0 bridgehead atoms. The highest BCUT2D eigenvalue weighted by atomic mass is 16.3. The maximum Gasteiger partial charge on any atom is 0.129 e. The Morgan fingerprint density at radius 3 is 2.75 bits per heavy atom. The lowest BCUT2D eigenvalue weighted by molar-refractivity contribution is 0.199. The molecule has 1 heterocycles. The Balaban J connectivity index is 2.48. The minimum absolute atomic E-state index is 0.474. The highest BCUT2D eigenvalue weighted by molar-refractivity contribution is 5.73. The molecule has 84 valence electrons. The van der Waals surface area contributed by atoms with Gasteiger partial charge in [0.25, 0.3) is 0 Å². The number of aryl methyl sites for hydroxylation is 1. The SMILES string of the molecule is CC(O)c1cccc(-c2cnn(C)c2N)c1. The molecule has 16 heavy (non-hydrogen) atoms. The normalized spacial score (nSPS) is 12.7. The van der Waals surface area contributed by atoms with Crippen molar-refractivity contribution in [2.75, 3.05) is 5.73 Å². The van der Waals surface area contributed by atoms with E-state index < -0.39 is 6.10 Å². The monoisotopic (exact) mass is 217 g/mol. The molecule has 1 aromatic heterocycles. The molecular formula is C12H15N3O. The number of nitrogens with zero attached hydrogens (tertiary/aromatic N) is 2. The van der Waals surface area contributed by atoms with Crippen molar-refractivity contribution in [3.05, 3.63) is 36.0 Å². The van der Waals surface area contributed by atoms with E-state index in [0.717, 1.165) is 16.7 Å². The Labute approximate surface area is 94.3 Å². The van der Waals surface area contributed by atoms with Crippen molar-refractivity contribution in [3.8, 4) is 11.1 Å². The molecule has 0 aliphatic heterocycles. The summed E-state index contributed by atoms with van der Waals surface area (Å²) in [6.45, 7) is 1.74. The second-order valence-electron chi connectivity index (χ2n) is 3.87. The fourth-order valence-electron chi connectivity index (χ4n) is 1.64. The number of nitrogens with two attached hydrogens (primary N) is 1. The van der Waals surface area contributed by atoms with Gasteiger partial charge < -0.3 is 10.8 Å². The van der Waals surface area contributed by atoms with Gasteiger partial charge in [-0.05, 0) is 24.1 Å². The first-order chi connectivity index (χ1) is 7.59. The second-order valence-corrected chi connectivity index (χ2v) is 3.87. The van der Waals surface area contributed by atoms with Crippen LogP contribution < -0.4 is 5.73 Å². The molecule has 3 N–H and O–H groups in total. The van der Waals surface area contributed by atoms with Gasteiger partial charge in [-0.3, -0.25) is 4.68 Å². The molecule has 1 atom stereocenters. The Morgan fingerprint density at radius 2 is 2.19 bits per heavy atom. The lowest BCUT2D eigenvalue weighted by Gasteiger charge is -2.07. The van der Waals surface area contributed by atoms with E-state index in [1.54, 1.807) is 24.9 Å². The molecule has 1 unspecified atom stereocenters. The van der Waals surface area contributed by atoms with Crippen molar-refractivity contribution in [2.45, 2.75) is 13.0 Å². The van der Waals surface area contributed by atoms with E-state index >= 15 is 0 Å². The van der Waals surface area contributed by atoms with Crippen LogP contribution in [-0.2, 0) is 7.05 Å². The van der Waals surface area contributed by atoms with Crippen LogP contribution in [0, 0.1) is 0 Å². The van der Waals surface area contributed by atoms with Crippen LogP contribution in [0.4, 0.5) is 5.82 Å². The summed E-state index contributed by atoms with van der Waals surface area (Å²) in [5, 5.41) is 13.6. The molecule has 0 amide bonds. The van der Waals surface area contributed by atoms with Crippen molar-refractivity contribution < 1.29 is 5.11 Å². The summed E-state index contributed by atoms with van der Waals surface area (Å²) in [6, 6.07) is 7.68. The van der Waals surface area contributed by atoms with Crippen molar-refractivity contribution in [3.63, 3.8) is 0 Å². The zero-order valence-electron chi connectivity index (χ0n) is 9.38. The van der Waals surface area contributed by atoms with E-state index in [2.05, 4.69) is 5.10 Å². The number of anilines is 1. The van der Waals surface area contributed by atoms with Crippen LogP contribution >= 0.6 is 0 Å². The molecule has 4 heteroatoms. The van der Waals surface area contributed by atoms with Gasteiger partial charge in [-0.1, -0.05) is 18.2 Å². The average molecular weight is 217 g/mol. The van der Waals surface area contributed by atoms with Crippen LogP contribution in [0.25, 0.3) is 11.1 Å². The first-order valence-corrected chi connectivity index (χ1v) is 5.15. The van der Waals surface area contributed by atoms with Crippen LogP contribution in [0.15, 0.2) is 30.5 Å². The topological polar surface area (TPSA) is 64.1 Å². The number of aromatic nitrogens is 2. The molecule has 0 aliphatic carbocycles. The predicted octanol–water partition coefficient (Wildman–Crippen LogP) is 1.72. The summed E-state index contributed by atoms with van der Waals surface area (Å²) >= 11 is 0. The fourth-order valence-corrected chi connectivity index (χ4v) is 1.64. The maximum atomic E-state index is 9.52. The zero-order chi connectivity index (χ0) is 11.7. The van der Waals surface area contributed by atoms with Crippen molar-refractivity contribution in [1.82, 2.24) is 9.78 Å². The van der Waals surface area contributed by atoms with E-state index in [0.29, 0.717) is 5.82 Å². The molecule has 0 saturated carbocycles. The number of benzene rings is 1. The Bertz CT molecular complexity index is 503. The van der Waals surface area contributed by atoms with Crippen LogP contribution in [0.3, 0.4) is 0 Å².